The molecular formula is C25H28N2O5S. The lowest BCUT2D eigenvalue weighted by molar-refractivity contribution is -0.122. The summed E-state index contributed by atoms with van der Waals surface area (Å²) >= 11 is 0. The second-order valence-corrected chi connectivity index (χ2v) is 9.51. The van der Waals surface area contributed by atoms with Crippen molar-refractivity contribution in [2.75, 3.05) is 17.7 Å². The predicted octanol–water partition coefficient (Wildman–Crippen LogP) is 4.52. The second kappa shape index (κ2) is 10.4. The molecule has 0 aliphatic carbocycles. The largest absolute Gasteiger partial charge is 0.497 e. The van der Waals surface area contributed by atoms with Crippen molar-refractivity contribution in [1.82, 2.24) is 5.32 Å². The zero-order valence-electron chi connectivity index (χ0n) is 19.1. The van der Waals surface area contributed by atoms with Crippen molar-refractivity contribution in [1.29, 1.82) is 0 Å². The normalized spacial score (nSPS) is 13.0. The number of nitrogens with one attached hydrogen (secondary N) is 1. The topological polar surface area (TPSA) is 84.9 Å². The molecule has 0 saturated carbocycles. The summed E-state index contributed by atoms with van der Waals surface area (Å²) in [5.74, 6) is 1.54. The molecule has 0 unspecified atom stereocenters. The molecule has 0 spiro atoms. The summed E-state index contributed by atoms with van der Waals surface area (Å²) in [6.45, 7) is 3.40. The molecule has 0 aromatic heterocycles. The van der Waals surface area contributed by atoms with E-state index in [1.807, 2.05) is 61.5 Å². The van der Waals surface area contributed by atoms with Crippen LogP contribution in [-0.4, -0.2) is 33.7 Å². The molecule has 3 aromatic rings. The minimum absolute atomic E-state index is 0.311. The van der Waals surface area contributed by atoms with Crippen molar-refractivity contribution in [3.63, 3.8) is 0 Å². The number of carbonyl (C=O) groups is 1. The van der Waals surface area contributed by atoms with Crippen LogP contribution in [0, 0.1) is 0 Å². The van der Waals surface area contributed by atoms with Crippen LogP contribution in [0.15, 0.2) is 78.9 Å². The summed E-state index contributed by atoms with van der Waals surface area (Å²) < 4.78 is 37.2. The molecule has 7 nitrogen and oxygen atoms in total. The van der Waals surface area contributed by atoms with E-state index >= 15 is 0 Å². The number of amides is 1. The Morgan fingerprint density at radius 3 is 1.94 bits per heavy atom. The van der Waals surface area contributed by atoms with E-state index < -0.39 is 22.0 Å². The quantitative estimate of drug-likeness (QED) is 0.499. The lowest BCUT2D eigenvalue weighted by atomic mass is 10.1. The Balaban J connectivity index is 1.75. The highest BCUT2D eigenvalue weighted by Gasteiger charge is 2.30. The monoisotopic (exact) mass is 468 g/mol. The Labute approximate surface area is 195 Å². The highest BCUT2D eigenvalue weighted by Crippen LogP contribution is 2.27. The number of ether oxygens (including phenoxy) is 2. The number of nitrogens with zero attached hydrogens (tertiary/aromatic N) is 1. The minimum atomic E-state index is -3.73. The van der Waals surface area contributed by atoms with Gasteiger partial charge < -0.3 is 14.8 Å². The van der Waals surface area contributed by atoms with Gasteiger partial charge in [0.15, 0.2) is 0 Å². The number of para-hydroxylation sites is 1. The highest BCUT2D eigenvalue weighted by atomic mass is 32.2. The summed E-state index contributed by atoms with van der Waals surface area (Å²) in [6, 6.07) is 21.9. The number of methoxy groups -OCH3 is 1. The molecule has 0 radical (unpaired) electrons. The van der Waals surface area contributed by atoms with Gasteiger partial charge in [-0.15, -0.1) is 0 Å². The molecule has 1 N–H and O–H groups in total. The third-order valence-electron chi connectivity index (χ3n) is 5.13. The average molecular weight is 469 g/mol. The fourth-order valence-corrected chi connectivity index (χ4v) is 4.58. The van der Waals surface area contributed by atoms with Crippen LogP contribution in [0.4, 0.5) is 5.69 Å². The summed E-state index contributed by atoms with van der Waals surface area (Å²) in [5.41, 5.74) is 1.25. The fraction of sp³-hybridized carbons (Fsp3) is 0.240. The van der Waals surface area contributed by atoms with E-state index in [0.29, 0.717) is 22.9 Å². The fourth-order valence-electron chi connectivity index (χ4n) is 3.40. The van der Waals surface area contributed by atoms with Gasteiger partial charge in [-0.05, 0) is 67.9 Å². The molecule has 174 valence electrons. The number of hydrogen-bond acceptors (Lipinski definition) is 5. The number of hydrogen-bond donors (Lipinski definition) is 1. The molecular weight excluding hydrogens is 440 g/mol. The second-order valence-electron chi connectivity index (χ2n) is 7.65. The molecule has 0 fully saturated rings. The lowest BCUT2D eigenvalue weighted by Crippen LogP contribution is -2.48. The first kappa shape index (κ1) is 24.1. The molecule has 0 saturated heterocycles. The number of benzene rings is 3. The summed E-state index contributed by atoms with van der Waals surface area (Å²) in [4.78, 5) is 13.0. The van der Waals surface area contributed by atoms with E-state index in [1.165, 1.54) is 0 Å². The van der Waals surface area contributed by atoms with Gasteiger partial charge in [-0.1, -0.05) is 30.3 Å². The summed E-state index contributed by atoms with van der Waals surface area (Å²) in [6.07, 6.45) is 1.08. The van der Waals surface area contributed by atoms with E-state index in [-0.39, 0.29) is 6.04 Å². The maximum Gasteiger partial charge on any atom is 0.244 e. The van der Waals surface area contributed by atoms with Gasteiger partial charge in [-0.2, -0.15) is 0 Å². The van der Waals surface area contributed by atoms with Crippen LogP contribution in [0.2, 0.25) is 0 Å². The minimum Gasteiger partial charge on any atom is -0.497 e. The van der Waals surface area contributed by atoms with Crippen LogP contribution >= 0.6 is 0 Å². The van der Waals surface area contributed by atoms with Gasteiger partial charge in [0.2, 0.25) is 15.9 Å². The van der Waals surface area contributed by atoms with Gasteiger partial charge in [-0.3, -0.25) is 9.10 Å². The zero-order valence-corrected chi connectivity index (χ0v) is 19.9. The molecule has 3 aromatic carbocycles. The Kier molecular flexibility index (Phi) is 7.60. The number of rotatable bonds is 9. The van der Waals surface area contributed by atoms with E-state index in [9.17, 15) is 13.2 Å². The van der Waals surface area contributed by atoms with Gasteiger partial charge in [0.05, 0.1) is 25.1 Å². The maximum absolute atomic E-state index is 13.0. The maximum atomic E-state index is 13.0. The first-order chi connectivity index (χ1) is 15.7. The average Bonchev–Trinajstić information content (AvgIpc) is 2.80. The van der Waals surface area contributed by atoms with Gasteiger partial charge in [0, 0.05) is 0 Å². The first-order valence-electron chi connectivity index (χ1n) is 10.5. The molecule has 0 aliphatic rings. The van der Waals surface area contributed by atoms with Gasteiger partial charge >= 0.3 is 0 Å². The van der Waals surface area contributed by atoms with E-state index in [0.717, 1.165) is 16.1 Å². The zero-order chi connectivity index (χ0) is 24.0. The van der Waals surface area contributed by atoms with Crippen molar-refractivity contribution in [3.05, 3.63) is 84.4 Å². The summed E-state index contributed by atoms with van der Waals surface area (Å²) in [5, 5.41) is 2.89. The van der Waals surface area contributed by atoms with E-state index in [1.54, 1.807) is 38.3 Å². The van der Waals surface area contributed by atoms with Crippen molar-refractivity contribution < 1.29 is 22.7 Å². The van der Waals surface area contributed by atoms with E-state index in [4.69, 9.17) is 9.47 Å². The van der Waals surface area contributed by atoms with Crippen molar-refractivity contribution in [3.8, 4) is 17.2 Å². The van der Waals surface area contributed by atoms with Gasteiger partial charge in [0.1, 0.15) is 23.3 Å². The predicted molar refractivity (Wildman–Crippen MR) is 129 cm³/mol. The van der Waals surface area contributed by atoms with Crippen molar-refractivity contribution in [2.45, 2.75) is 25.9 Å². The molecule has 2 atom stereocenters. The Hall–Kier alpha value is -3.52. The van der Waals surface area contributed by atoms with Gasteiger partial charge in [0.25, 0.3) is 0 Å². The van der Waals surface area contributed by atoms with Crippen LogP contribution < -0.4 is 19.1 Å². The van der Waals surface area contributed by atoms with E-state index in [2.05, 4.69) is 5.32 Å². The SMILES string of the molecule is COc1ccc([C@H](C)NC(=O)[C@H](C)N(c2ccc(Oc3ccccc3)cc2)S(C)(=O)=O)cc1. The number of carbonyl (C=O) groups excluding carboxylic acids is 1. The Morgan fingerprint density at radius 2 is 1.39 bits per heavy atom. The molecule has 3 rings (SSSR count). The molecule has 33 heavy (non-hydrogen) atoms. The number of anilines is 1. The van der Waals surface area contributed by atoms with Gasteiger partial charge in [-0.25, -0.2) is 8.42 Å². The number of sulfonamides is 1. The highest BCUT2D eigenvalue weighted by molar-refractivity contribution is 7.92. The standard InChI is InChI=1S/C25H28N2O5S/c1-18(20-10-14-22(31-3)15-11-20)26-25(28)19(2)27(33(4,29)30)21-12-16-24(17-13-21)32-23-8-6-5-7-9-23/h5-19H,1-4H3,(H,26,28)/t18-,19-/m0/s1. The van der Waals surface area contributed by atoms with Crippen LogP contribution in [-0.2, 0) is 14.8 Å². The summed E-state index contributed by atoms with van der Waals surface area (Å²) in [7, 11) is -2.14. The smallest absolute Gasteiger partial charge is 0.244 e. The van der Waals surface area contributed by atoms with Crippen molar-refractivity contribution in [2.24, 2.45) is 0 Å². The van der Waals surface area contributed by atoms with Crippen LogP contribution in [0.1, 0.15) is 25.5 Å². The first-order valence-corrected chi connectivity index (χ1v) is 12.3. The van der Waals surface area contributed by atoms with Crippen LogP contribution in [0.3, 0.4) is 0 Å². The third kappa shape index (κ3) is 6.26. The van der Waals surface area contributed by atoms with Crippen molar-refractivity contribution >= 4 is 21.6 Å². The van der Waals surface area contributed by atoms with Crippen LogP contribution in [0.5, 0.6) is 17.2 Å². The molecule has 0 heterocycles. The lowest BCUT2D eigenvalue weighted by Gasteiger charge is -2.29. The Morgan fingerprint density at radius 1 is 0.848 bits per heavy atom. The molecule has 0 bridgehead atoms. The Bertz CT molecular complexity index is 1160. The molecule has 0 aliphatic heterocycles. The molecule has 1 amide bonds. The molecule has 8 heteroatoms. The van der Waals surface area contributed by atoms with Crippen LogP contribution in [0.25, 0.3) is 0 Å². The third-order valence-corrected chi connectivity index (χ3v) is 6.37.